The molecule has 0 saturated heterocycles. The van der Waals surface area contributed by atoms with Crippen LogP contribution in [0.15, 0.2) is 237 Å². The minimum Gasteiger partial charge on any atom is -0.311 e. The van der Waals surface area contributed by atoms with Crippen molar-refractivity contribution in [1.29, 1.82) is 0 Å². The maximum Gasteiger partial charge on any atom is 0.249 e. The average molecular weight is 824 g/mol. The number of benzene rings is 11. The van der Waals surface area contributed by atoms with E-state index >= 15 is 0 Å². The highest BCUT2D eigenvalue weighted by Gasteiger charge is 2.45. The third-order valence-corrected chi connectivity index (χ3v) is 14.2. The topological polar surface area (TPSA) is 11.4 Å². The molecule has 0 N–H and O–H groups in total. The van der Waals surface area contributed by atoms with Gasteiger partial charge >= 0.3 is 0 Å². The van der Waals surface area contributed by atoms with Crippen LogP contribution in [-0.4, -0.2) is 18.0 Å². The monoisotopic (exact) mass is 823 g/mol. The van der Waals surface area contributed by atoms with Gasteiger partial charge in [0.15, 0.2) is 0 Å². The SMILES string of the molecule is c1ccc(B2c3cccc4c3-n3c5c2c(N(c2ccccc2)c2ccccc2)cc2c6ccccc6c6cc(N(c7ccccc7)c7ccccc7)c(c3c6c25)B4c2ccccc2)cc1. The standard InChI is InChI=1S/C60H39B2N3/c1-7-22-40(23-8-1)61-50-36-21-37-51-58(50)65-59-54-48(38-52(56(59)61)63(42-26-11-3-12-27-42)43-28-13-4-14-29-43)46-34-19-20-35-47(46)49-39-53(57(60(65)55(49)54)62(51)41-24-9-2-10-25-41)64(44-30-15-5-16-31-44)45-32-17-6-18-33-45/h1-39H. The number of hydrogen-bond acceptors (Lipinski definition) is 2. The first-order valence-corrected chi connectivity index (χ1v) is 22.7. The second-order valence-corrected chi connectivity index (χ2v) is 17.5. The molecule has 2 aliphatic rings. The molecule has 0 bridgehead atoms. The first kappa shape index (κ1) is 36.2. The Morgan fingerprint density at radius 3 is 0.985 bits per heavy atom. The van der Waals surface area contributed by atoms with Crippen molar-refractivity contribution in [3.05, 3.63) is 237 Å². The molecule has 0 radical (unpaired) electrons. The zero-order chi connectivity index (χ0) is 42.6. The van der Waals surface area contributed by atoms with Gasteiger partial charge in [-0.25, -0.2) is 0 Å². The summed E-state index contributed by atoms with van der Waals surface area (Å²) in [5, 5.41) is 7.73. The van der Waals surface area contributed by atoms with Crippen LogP contribution < -0.4 is 42.6 Å². The molecule has 0 fully saturated rings. The average Bonchev–Trinajstić information content (AvgIpc) is 3.74. The van der Waals surface area contributed by atoms with Crippen LogP contribution in [0.2, 0.25) is 0 Å². The van der Waals surface area contributed by atoms with Crippen molar-refractivity contribution in [2.45, 2.75) is 0 Å². The van der Waals surface area contributed by atoms with Crippen LogP contribution in [0.3, 0.4) is 0 Å². The summed E-state index contributed by atoms with van der Waals surface area (Å²) in [5.74, 6) is 0. The Bertz CT molecular complexity index is 3440. The normalized spacial score (nSPS) is 12.6. The number of hydrogen-bond donors (Lipinski definition) is 0. The molecule has 3 heterocycles. The molecule has 1 aromatic heterocycles. The molecule has 14 rings (SSSR count). The fraction of sp³-hybridized carbons (Fsp3) is 0. The van der Waals surface area contributed by atoms with Crippen molar-refractivity contribution in [2.75, 3.05) is 9.80 Å². The molecule has 0 aliphatic carbocycles. The number of rotatable bonds is 8. The lowest BCUT2D eigenvalue weighted by molar-refractivity contribution is 1.19. The Labute approximate surface area is 378 Å². The van der Waals surface area contributed by atoms with Gasteiger partial charge in [-0.1, -0.05) is 187 Å². The van der Waals surface area contributed by atoms with Crippen LogP contribution in [0, 0.1) is 0 Å². The predicted molar refractivity (Wildman–Crippen MR) is 279 cm³/mol. The molecular weight excluding hydrogens is 784 g/mol. The lowest BCUT2D eigenvalue weighted by Gasteiger charge is -2.38. The van der Waals surface area contributed by atoms with Crippen LogP contribution in [-0.2, 0) is 0 Å². The predicted octanol–water partition coefficient (Wildman–Crippen LogP) is 11.1. The van der Waals surface area contributed by atoms with E-state index in [0.717, 1.165) is 22.7 Å². The Morgan fingerprint density at radius 1 is 0.308 bits per heavy atom. The summed E-state index contributed by atoms with van der Waals surface area (Å²) in [5.41, 5.74) is 18.7. The molecule has 300 valence electrons. The van der Waals surface area contributed by atoms with Crippen LogP contribution in [0.5, 0.6) is 0 Å². The summed E-state index contributed by atoms with van der Waals surface area (Å²) in [6, 6.07) is 87.6. The van der Waals surface area contributed by atoms with E-state index in [1.54, 1.807) is 0 Å². The van der Waals surface area contributed by atoms with Crippen LogP contribution in [0.4, 0.5) is 34.1 Å². The molecule has 0 unspecified atom stereocenters. The summed E-state index contributed by atoms with van der Waals surface area (Å²) >= 11 is 0. The fourth-order valence-electron chi connectivity index (χ4n) is 11.7. The van der Waals surface area contributed by atoms with Gasteiger partial charge in [-0.3, -0.25) is 0 Å². The van der Waals surface area contributed by atoms with E-state index in [1.165, 1.54) is 93.2 Å². The van der Waals surface area contributed by atoms with Crippen molar-refractivity contribution in [1.82, 2.24) is 4.57 Å². The van der Waals surface area contributed by atoms with E-state index in [4.69, 9.17) is 0 Å². The Kier molecular flexibility index (Phi) is 7.87. The van der Waals surface area contributed by atoms with E-state index in [0.29, 0.717) is 0 Å². The molecule has 5 heteroatoms. The van der Waals surface area contributed by atoms with Crippen molar-refractivity contribution in [3.63, 3.8) is 0 Å². The van der Waals surface area contributed by atoms with Gasteiger partial charge in [-0.15, -0.1) is 0 Å². The number of nitrogens with zero attached hydrogens (tertiary/aromatic N) is 3. The molecule has 2 aliphatic heterocycles. The largest absolute Gasteiger partial charge is 0.311 e. The third-order valence-electron chi connectivity index (χ3n) is 14.2. The van der Waals surface area contributed by atoms with Crippen LogP contribution in [0.1, 0.15) is 0 Å². The van der Waals surface area contributed by atoms with Gasteiger partial charge in [-0.05, 0) is 104 Å². The zero-order valence-corrected chi connectivity index (χ0v) is 35.5. The maximum atomic E-state index is 2.73. The van der Waals surface area contributed by atoms with Gasteiger partial charge in [0, 0.05) is 50.6 Å². The van der Waals surface area contributed by atoms with Crippen molar-refractivity contribution >= 4 is 124 Å². The van der Waals surface area contributed by atoms with Gasteiger partial charge in [0.1, 0.15) is 0 Å². The summed E-state index contributed by atoms with van der Waals surface area (Å²) in [6.45, 7) is -0.102. The minimum absolute atomic E-state index is 0.0508. The Hall–Kier alpha value is -8.27. The number of aromatic nitrogens is 1. The molecule has 11 aromatic carbocycles. The molecule has 0 atom stereocenters. The molecule has 0 saturated carbocycles. The molecule has 3 nitrogen and oxygen atoms in total. The van der Waals surface area contributed by atoms with Crippen LogP contribution in [0.25, 0.3) is 49.0 Å². The van der Waals surface area contributed by atoms with Crippen LogP contribution >= 0.6 is 0 Å². The van der Waals surface area contributed by atoms with E-state index in [1.807, 2.05) is 0 Å². The van der Waals surface area contributed by atoms with E-state index in [9.17, 15) is 0 Å². The molecule has 65 heavy (non-hydrogen) atoms. The fourth-order valence-corrected chi connectivity index (χ4v) is 11.7. The Morgan fingerprint density at radius 2 is 0.631 bits per heavy atom. The molecule has 12 aromatic rings. The lowest BCUT2D eigenvalue weighted by atomic mass is 9.31. The first-order chi connectivity index (χ1) is 32.3. The number of para-hydroxylation sites is 5. The second kappa shape index (κ2) is 14.1. The molecule has 0 spiro atoms. The summed E-state index contributed by atoms with van der Waals surface area (Å²) in [4.78, 5) is 5.02. The second-order valence-electron chi connectivity index (χ2n) is 17.5. The van der Waals surface area contributed by atoms with Gasteiger partial charge < -0.3 is 14.4 Å². The van der Waals surface area contributed by atoms with E-state index < -0.39 is 0 Å². The maximum absolute atomic E-state index is 2.73. The van der Waals surface area contributed by atoms with E-state index in [2.05, 4.69) is 251 Å². The lowest BCUT2D eigenvalue weighted by Crippen LogP contribution is -2.63. The highest BCUT2D eigenvalue weighted by Crippen LogP contribution is 2.50. The molecular formula is C60H39B2N3. The van der Waals surface area contributed by atoms with Gasteiger partial charge in [-0.2, -0.15) is 0 Å². The Balaban J connectivity index is 1.26. The summed E-state index contributed by atoms with van der Waals surface area (Å²) in [6.07, 6.45) is 0. The highest BCUT2D eigenvalue weighted by molar-refractivity contribution is 7.03. The van der Waals surface area contributed by atoms with Crippen molar-refractivity contribution < 1.29 is 0 Å². The summed E-state index contributed by atoms with van der Waals surface area (Å²) < 4.78 is 2.73. The molecule has 0 amide bonds. The summed E-state index contributed by atoms with van der Waals surface area (Å²) in [7, 11) is 0. The highest BCUT2D eigenvalue weighted by atomic mass is 15.2. The zero-order valence-electron chi connectivity index (χ0n) is 35.5. The first-order valence-electron chi connectivity index (χ1n) is 22.7. The smallest absolute Gasteiger partial charge is 0.249 e. The van der Waals surface area contributed by atoms with E-state index in [-0.39, 0.29) is 13.4 Å². The minimum atomic E-state index is -0.0508. The number of anilines is 6. The van der Waals surface area contributed by atoms with Crippen molar-refractivity contribution in [2.24, 2.45) is 0 Å². The van der Waals surface area contributed by atoms with Gasteiger partial charge in [0.25, 0.3) is 0 Å². The van der Waals surface area contributed by atoms with Gasteiger partial charge in [0.2, 0.25) is 13.4 Å². The third kappa shape index (κ3) is 5.15. The quantitative estimate of drug-likeness (QED) is 0.112. The van der Waals surface area contributed by atoms with Gasteiger partial charge in [0.05, 0.1) is 11.0 Å². The number of fused-ring (bicyclic) bond motifs is 3. The van der Waals surface area contributed by atoms with Crippen molar-refractivity contribution in [3.8, 4) is 5.69 Å².